The molecule has 5 aliphatic carbocycles. The van der Waals surface area contributed by atoms with Gasteiger partial charge >= 0.3 is 5.97 Å². The summed E-state index contributed by atoms with van der Waals surface area (Å²) < 4.78 is 5.52. The van der Waals surface area contributed by atoms with Gasteiger partial charge in [0.15, 0.2) is 0 Å². The maximum Gasteiger partial charge on any atom is 0.312 e. The van der Waals surface area contributed by atoms with Crippen LogP contribution in [-0.4, -0.2) is 24.3 Å². The van der Waals surface area contributed by atoms with Gasteiger partial charge in [0.2, 0.25) is 0 Å². The minimum atomic E-state index is -0.241. The Kier molecular flexibility index (Phi) is 5.70. The number of hydrogen-bond donors (Lipinski definition) is 1. The second kappa shape index (κ2) is 7.72. The number of esters is 1. The lowest BCUT2D eigenvalue weighted by atomic mass is 9.32. The minimum Gasteiger partial charge on any atom is -0.469 e. The molecule has 3 nitrogen and oxygen atoms in total. The van der Waals surface area contributed by atoms with Gasteiger partial charge in [-0.05, 0) is 121 Å². The number of aliphatic hydroxyl groups is 1. The van der Waals surface area contributed by atoms with Crippen molar-refractivity contribution in [2.75, 3.05) is 7.11 Å². The van der Waals surface area contributed by atoms with Crippen LogP contribution in [0.5, 0.6) is 0 Å². The monoisotopic (exact) mass is 472 g/mol. The summed E-state index contributed by atoms with van der Waals surface area (Å²) in [7, 11) is 1.62. The molecule has 5 saturated carbocycles. The zero-order chi connectivity index (χ0) is 24.9. The predicted octanol–water partition coefficient (Wildman–Crippen LogP) is 7.26. The van der Waals surface area contributed by atoms with Crippen LogP contribution in [0.1, 0.15) is 113 Å². The van der Waals surface area contributed by atoms with Gasteiger partial charge in [-0.3, -0.25) is 4.79 Å². The molecule has 0 heterocycles. The van der Waals surface area contributed by atoms with Crippen LogP contribution in [0.3, 0.4) is 0 Å². The molecule has 4 unspecified atom stereocenters. The van der Waals surface area contributed by atoms with Crippen molar-refractivity contribution in [1.82, 2.24) is 0 Å². The molecule has 0 radical (unpaired) electrons. The Balaban J connectivity index is 1.56. The van der Waals surface area contributed by atoms with Crippen molar-refractivity contribution in [2.24, 2.45) is 62.6 Å². The van der Waals surface area contributed by atoms with Crippen molar-refractivity contribution >= 4 is 5.97 Å². The van der Waals surface area contributed by atoms with E-state index in [1.54, 1.807) is 7.11 Å². The maximum absolute atomic E-state index is 13.4. The predicted molar refractivity (Wildman–Crippen MR) is 137 cm³/mol. The topological polar surface area (TPSA) is 46.5 Å². The first kappa shape index (κ1) is 25.1. The van der Waals surface area contributed by atoms with Gasteiger partial charge in [0, 0.05) is 0 Å². The van der Waals surface area contributed by atoms with E-state index in [9.17, 15) is 9.90 Å². The highest BCUT2D eigenvalue weighted by molar-refractivity contribution is 5.78. The molecule has 5 aliphatic rings. The highest BCUT2D eigenvalue weighted by Crippen LogP contribution is 2.77. The average molecular weight is 473 g/mol. The summed E-state index contributed by atoms with van der Waals surface area (Å²) in [6.45, 7) is 17.4. The van der Waals surface area contributed by atoms with E-state index in [0.717, 1.165) is 25.2 Å². The third kappa shape index (κ3) is 2.89. The SMILES string of the molecule is COC(=O)[C@]12CC[C@@H](C(C)C)C1C1CCC3[C@@]4(C)CC[C@H](O)C(C)(C)C4CC[C@@]3(C)[C@]1(C)CC2. The van der Waals surface area contributed by atoms with Crippen LogP contribution in [0.2, 0.25) is 0 Å². The molecule has 0 spiro atoms. The van der Waals surface area contributed by atoms with Crippen molar-refractivity contribution in [2.45, 2.75) is 119 Å². The van der Waals surface area contributed by atoms with Gasteiger partial charge in [0.1, 0.15) is 0 Å². The van der Waals surface area contributed by atoms with E-state index in [4.69, 9.17) is 4.74 Å². The summed E-state index contributed by atoms with van der Waals surface area (Å²) >= 11 is 0. The van der Waals surface area contributed by atoms with E-state index in [0.29, 0.717) is 40.4 Å². The van der Waals surface area contributed by atoms with Gasteiger partial charge in [-0.1, -0.05) is 48.5 Å². The lowest BCUT2D eigenvalue weighted by Gasteiger charge is -2.72. The highest BCUT2D eigenvalue weighted by atomic mass is 16.5. The average Bonchev–Trinajstić information content (AvgIpc) is 3.18. The zero-order valence-corrected chi connectivity index (χ0v) is 23.4. The maximum atomic E-state index is 13.4. The Morgan fingerprint density at radius 3 is 2.18 bits per heavy atom. The number of rotatable bonds is 2. The molecule has 0 aliphatic heterocycles. The Hall–Kier alpha value is -0.570. The Labute approximate surface area is 209 Å². The Morgan fingerprint density at radius 2 is 1.53 bits per heavy atom. The van der Waals surface area contributed by atoms with Crippen LogP contribution in [0.15, 0.2) is 0 Å². The van der Waals surface area contributed by atoms with E-state index in [1.807, 2.05) is 0 Å². The second-order valence-corrected chi connectivity index (χ2v) is 15.2. The number of methoxy groups -OCH3 is 1. The molecule has 194 valence electrons. The lowest BCUT2D eigenvalue weighted by Crippen LogP contribution is -2.67. The molecular weight excluding hydrogens is 420 g/mol. The van der Waals surface area contributed by atoms with Crippen LogP contribution in [-0.2, 0) is 9.53 Å². The smallest absolute Gasteiger partial charge is 0.312 e. The molecular formula is C31H52O3. The van der Waals surface area contributed by atoms with Crippen LogP contribution in [0.25, 0.3) is 0 Å². The van der Waals surface area contributed by atoms with Gasteiger partial charge in [-0.15, -0.1) is 0 Å². The lowest BCUT2D eigenvalue weighted by molar-refractivity contribution is -0.249. The molecule has 0 saturated heterocycles. The standard InChI is InChI=1S/C31H52O3/c1-19(2)20-11-16-31(26(33)34-8)18-17-29(6)21(25(20)31)9-10-23-28(5)14-13-24(32)27(3,4)22(28)12-15-30(23,29)7/h19-25,32H,9-18H2,1-8H3/t20-,21?,22?,23?,24-,25?,28-,29+,30+,31-/m0/s1. The normalized spacial score (nSPS) is 53.9. The number of hydrogen-bond acceptors (Lipinski definition) is 3. The van der Waals surface area contributed by atoms with Gasteiger partial charge in [0.05, 0.1) is 18.6 Å². The third-order valence-electron chi connectivity index (χ3n) is 13.9. The highest BCUT2D eigenvalue weighted by Gasteiger charge is 2.72. The van der Waals surface area contributed by atoms with Gasteiger partial charge in [-0.2, -0.15) is 0 Å². The van der Waals surface area contributed by atoms with Crippen molar-refractivity contribution in [3.05, 3.63) is 0 Å². The van der Waals surface area contributed by atoms with Crippen LogP contribution in [0, 0.1) is 62.6 Å². The van der Waals surface area contributed by atoms with E-state index >= 15 is 0 Å². The molecule has 0 aromatic carbocycles. The summed E-state index contributed by atoms with van der Waals surface area (Å²) in [6.07, 6.45) is 11.5. The summed E-state index contributed by atoms with van der Waals surface area (Å²) in [5, 5.41) is 10.9. The first-order chi connectivity index (χ1) is 15.8. The largest absolute Gasteiger partial charge is 0.469 e. The fourth-order valence-electron chi connectivity index (χ4n) is 11.9. The Morgan fingerprint density at radius 1 is 0.824 bits per heavy atom. The number of aliphatic hydroxyl groups excluding tert-OH is 1. The number of carbonyl (C=O) groups is 1. The number of carbonyl (C=O) groups excluding carboxylic acids is 1. The van der Waals surface area contributed by atoms with E-state index in [1.165, 1.54) is 44.9 Å². The second-order valence-electron chi connectivity index (χ2n) is 15.2. The molecule has 10 atom stereocenters. The van der Waals surface area contributed by atoms with Crippen molar-refractivity contribution in [3.8, 4) is 0 Å². The van der Waals surface area contributed by atoms with E-state index in [2.05, 4.69) is 48.5 Å². The molecule has 0 aromatic heterocycles. The molecule has 0 amide bonds. The first-order valence-corrected chi connectivity index (χ1v) is 14.6. The third-order valence-corrected chi connectivity index (χ3v) is 13.9. The number of ether oxygens (including phenoxy) is 1. The zero-order valence-electron chi connectivity index (χ0n) is 23.4. The van der Waals surface area contributed by atoms with Crippen molar-refractivity contribution < 1.29 is 14.6 Å². The molecule has 3 heteroatoms. The summed E-state index contributed by atoms with van der Waals surface area (Å²) in [5.41, 5.74) is 0.672. The molecule has 1 N–H and O–H groups in total. The Bertz CT molecular complexity index is 833. The van der Waals surface area contributed by atoms with Crippen molar-refractivity contribution in [1.29, 1.82) is 0 Å². The van der Waals surface area contributed by atoms with Gasteiger partial charge in [0.25, 0.3) is 0 Å². The fourth-order valence-corrected chi connectivity index (χ4v) is 11.9. The molecule has 5 rings (SSSR count). The minimum absolute atomic E-state index is 0.00682. The van der Waals surface area contributed by atoms with Crippen LogP contribution < -0.4 is 0 Å². The molecule has 0 aromatic rings. The van der Waals surface area contributed by atoms with Crippen molar-refractivity contribution in [3.63, 3.8) is 0 Å². The summed E-state index contributed by atoms with van der Waals surface area (Å²) in [5.74, 6) is 3.78. The van der Waals surface area contributed by atoms with Crippen LogP contribution >= 0.6 is 0 Å². The fraction of sp³-hybridized carbons (Fsp3) is 0.968. The summed E-state index contributed by atoms with van der Waals surface area (Å²) in [6, 6.07) is 0. The first-order valence-electron chi connectivity index (χ1n) is 14.6. The van der Waals surface area contributed by atoms with E-state index < -0.39 is 0 Å². The molecule has 5 fully saturated rings. The van der Waals surface area contributed by atoms with Crippen LogP contribution in [0.4, 0.5) is 0 Å². The number of fused-ring (bicyclic) bond motifs is 7. The van der Waals surface area contributed by atoms with Gasteiger partial charge in [-0.25, -0.2) is 0 Å². The van der Waals surface area contributed by atoms with Gasteiger partial charge < -0.3 is 9.84 Å². The summed E-state index contributed by atoms with van der Waals surface area (Å²) in [4.78, 5) is 13.4. The molecule has 34 heavy (non-hydrogen) atoms. The quantitative estimate of drug-likeness (QED) is 0.430. The molecule has 0 bridgehead atoms. The van der Waals surface area contributed by atoms with E-state index in [-0.39, 0.29) is 28.3 Å².